The van der Waals surface area contributed by atoms with Gasteiger partial charge in [-0.05, 0) is 111 Å². The Morgan fingerprint density at radius 1 is 0.864 bits per heavy atom. The summed E-state index contributed by atoms with van der Waals surface area (Å²) >= 11 is 0. The Balaban J connectivity index is 1.18. The summed E-state index contributed by atoms with van der Waals surface area (Å²) in [5.41, 5.74) is 0.683. The lowest BCUT2D eigenvalue weighted by atomic mass is 9.33. The van der Waals surface area contributed by atoms with Crippen molar-refractivity contribution in [1.29, 1.82) is 0 Å². The molecule has 15 atom stereocenters. The summed E-state index contributed by atoms with van der Waals surface area (Å²) in [6.45, 7) is 13.9. The van der Waals surface area contributed by atoms with Crippen molar-refractivity contribution >= 4 is 5.97 Å². The SMILES string of the molecule is CC1(C)CC[C@]2(C(=O)O)CC[C@]3(C)C(=CCC4[C@@]5(C)CC[C@@H]6[C@H]([C@@H]7OC(CO)[C@@H](O)C(O)C7O)O[C@@]6(C)C5CC[C@]43C)C2C1. The Morgan fingerprint density at radius 3 is 2.25 bits per heavy atom. The van der Waals surface area contributed by atoms with E-state index in [2.05, 4.69) is 47.6 Å². The monoisotopic (exact) mass is 616 g/mol. The fraction of sp³-hybridized carbons (Fsp3) is 0.917. The van der Waals surface area contributed by atoms with Gasteiger partial charge in [-0.2, -0.15) is 0 Å². The Hall–Kier alpha value is -1.03. The molecule has 0 amide bonds. The van der Waals surface area contributed by atoms with E-state index in [1.54, 1.807) is 0 Å². The molecule has 0 aromatic carbocycles. The lowest BCUT2D eigenvalue weighted by molar-refractivity contribution is -0.374. The molecule has 6 unspecified atom stereocenters. The van der Waals surface area contributed by atoms with Gasteiger partial charge in [0.1, 0.15) is 30.5 Å². The first-order valence-corrected chi connectivity index (χ1v) is 17.4. The van der Waals surface area contributed by atoms with Crippen LogP contribution in [0, 0.1) is 50.7 Å². The number of carboxylic acid groups (broad SMARTS) is 1. The number of hydrogen-bond donors (Lipinski definition) is 5. The summed E-state index contributed by atoms with van der Waals surface area (Å²) in [5.74, 6) is 0.470. The third-order valence-corrected chi connectivity index (χ3v) is 15.8. The van der Waals surface area contributed by atoms with E-state index >= 15 is 0 Å². The van der Waals surface area contributed by atoms with Crippen LogP contribution in [-0.4, -0.2) is 80.3 Å². The van der Waals surface area contributed by atoms with Crippen LogP contribution in [0.3, 0.4) is 0 Å². The lowest BCUT2D eigenvalue weighted by Crippen LogP contribution is -2.76. The average molecular weight is 617 g/mol. The molecule has 44 heavy (non-hydrogen) atoms. The minimum absolute atomic E-state index is 0.0297. The Bertz CT molecular complexity index is 1230. The largest absolute Gasteiger partial charge is 0.481 e. The number of hydrogen-bond acceptors (Lipinski definition) is 7. The summed E-state index contributed by atoms with van der Waals surface area (Å²) < 4.78 is 12.8. The molecule has 0 aromatic heterocycles. The van der Waals surface area contributed by atoms with E-state index < -0.39 is 54.6 Å². The molecule has 5 N–H and O–H groups in total. The number of ether oxygens (including phenoxy) is 2. The second-order valence-corrected chi connectivity index (χ2v) is 17.9. The maximum absolute atomic E-state index is 12.9. The number of carboxylic acids is 1. The van der Waals surface area contributed by atoms with Crippen molar-refractivity contribution in [1.82, 2.24) is 0 Å². The number of carbonyl (C=O) groups is 1. The van der Waals surface area contributed by atoms with Crippen LogP contribution in [0.4, 0.5) is 0 Å². The highest BCUT2D eigenvalue weighted by molar-refractivity contribution is 5.76. The summed E-state index contributed by atoms with van der Waals surface area (Å²) in [5, 5.41) is 52.0. The molecule has 0 radical (unpaired) electrons. The molecular formula is C36H56O8. The molecule has 8 nitrogen and oxygen atoms in total. The molecule has 2 heterocycles. The van der Waals surface area contributed by atoms with Crippen LogP contribution in [0.5, 0.6) is 0 Å². The van der Waals surface area contributed by atoms with Gasteiger partial charge in [-0.15, -0.1) is 0 Å². The van der Waals surface area contributed by atoms with Crippen LogP contribution >= 0.6 is 0 Å². The van der Waals surface area contributed by atoms with Crippen molar-refractivity contribution in [3.05, 3.63) is 11.6 Å². The van der Waals surface area contributed by atoms with Gasteiger partial charge in [-0.1, -0.05) is 46.3 Å². The standard InChI is InChI=1S/C36H56O8/c1-31(2)13-15-36(30(41)42)16-14-33(4)19(21(36)17-31)7-8-23-32(3)11-9-20-28(29-27(40)26(39)25(38)22(18-37)43-29)44-35(20,6)24(32)10-12-34(23,33)5/h7,20-29,37-40H,8-18H2,1-6H3,(H,41,42)/t20-,21?,22?,23?,24?,25-,26?,27?,28-,29-,32-,33-,34-,35-,36+/m1/s1. The quantitative estimate of drug-likeness (QED) is 0.293. The topological polar surface area (TPSA) is 137 Å². The lowest BCUT2D eigenvalue weighted by Gasteiger charge is -2.74. The van der Waals surface area contributed by atoms with Gasteiger partial charge in [0.2, 0.25) is 0 Å². The molecular weight excluding hydrogens is 560 g/mol. The smallest absolute Gasteiger partial charge is 0.310 e. The van der Waals surface area contributed by atoms with Gasteiger partial charge < -0.3 is 35.0 Å². The highest BCUT2D eigenvalue weighted by atomic mass is 16.6. The molecule has 5 aliphatic carbocycles. The van der Waals surface area contributed by atoms with Crippen LogP contribution in [0.2, 0.25) is 0 Å². The number of fused-ring (bicyclic) bond motifs is 9. The van der Waals surface area contributed by atoms with Crippen LogP contribution in [0.1, 0.15) is 106 Å². The van der Waals surface area contributed by atoms with Crippen molar-refractivity contribution in [3.63, 3.8) is 0 Å². The van der Waals surface area contributed by atoms with Crippen LogP contribution in [0.15, 0.2) is 11.6 Å². The zero-order valence-electron chi connectivity index (χ0n) is 27.6. The Morgan fingerprint density at radius 2 is 1.57 bits per heavy atom. The minimum Gasteiger partial charge on any atom is -0.481 e. The summed E-state index contributed by atoms with van der Waals surface area (Å²) in [6, 6.07) is 0. The van der Waals surface area contributed by atoms with Gasteiger partial charge >= 0.3 is 5.97 Å². The van der Waals surface area contributed by atoms with Crippen molar-refractivity contribution < 1.29 is 39.8 Å². The van der Waals surface area contributed by atoms with Gasteiger partial charge in [-0.3, -0.25) is 4.79 Å². The van der Waals surface area contributed by atoms with Crippen molar-refractivity contribution in [3.8, 4) is 0 Å². The third-order valence-electron chi connectivity index (χ3n) is 15.8. The second kappa shape index (κ2) is 9.76. The van der Waals surface area contributed by atoms with E-state index in [1.165, 1.54) is 5.57 Å². The fourth-order valence-corrected chi connectivity index (χ4v) is 13.0. The first kappa shape index (κ1) is 31.6. The molecule has 7 rings (SSSR count). The number of rotatable bonds is 3. The Kier molecular flexibility index (Phi) is 7.00. The maximum Gasteiger partial charge on any atom is 0.310 e. The van der Waals surface area contributed by atoms with E-state index in [1.807, 2.05) is 0 Å². The number of aliphatic hydroxyl groups is 4. The van der Waals surface area contributed by atoms with Gasteiger partial charge in [-0.25, -0.2) is 0 Å². The van der Waals surface area contributed by atoms with Gasteiger partial charge in [0, 0.05) is 5.92 Å². The fourth-order valence-electron chi connectivity index (χ4n) is 13.0. The molecule has 2 aliphatic heterocycles. The van der Waals surface area contributed by atoms with Gasteiger partial charge in [0.05, 0.1) is 23.7 Å². The summed E-state index contributed by atoms with van der Waals surface area (Å²) in [7, 11) is 0. The highest BCUT2D eigenvalue weighted by Gasteiger charge is 2.73. The summed E-state index contributed by atoms with van der Waals surface area (Å²) in [6.07, 6.45) is 5.86. The molecule has 4 saturated carbocycles. The normalized spacial score (nSPS) is 57.7. The van der Waals surface area contributed by atoms with E-state index in [9.17, 15) is 30.3 Å². The number of aliphatic carboxylic acids is 1. The van der Waals surface area contributed by atoms with Crippen LogP contribution < -0.4 is 0 Å². The van der Waals surface area contributed by atoms with Crippen molar-refractivity contribution in [2.45, 2.75) is 148 Å². The van der Waals surface area contributed by atoms with E-state index in [-0.39, 0.29) is 39.1 Å². The molecule has 8 heteroatoms. The van der Waals surface area contributed by atoms with Crippen molar-refractivity contribution in [2.75, 3.05) is 6.61 Å². The Labute approximate surface area is 262 Å². The van der Waals surface area contributed by atoms with Crippen LogP contribution in [-0.2, 0) is 14.3 Å². The molecule has 6 fully saturated rings. The predicted octanol–water partition coefficient (Wildman–Crippen LogP) is 4.46. The molecule has 0 bridgehead atoms. The van der Waals surface area contributed by atoms with Gasteiger partial charge in [0.15, 0.2) is 0 Å². The molecule has 7 aliphatic rings. The van der Waals surface area contributed by atoms with E-state index in [0.29, 0.717) is 11.8 Å². The molecule has 0 spiro atoms. The first-order chi connectivity index (χ1) is 20.5. The van der Waals surface area contributed by atoms with Crippen LogP contribution in [0.25, 0.3) is 0 Å². The zero-order valence-corrected chi connectivity index (χ0v) is 27.6. The average Bonchev–Trinajstić information content (AvgIpc) is 2.94. The second-order valence-electron chi connectivity index (χ2n) is 17.9. The number of allylic oxidation sites excluding steroid dienone is 2. The van der Waals surface area contributed by atoms with E-state index in [4.69, 9.17) is 9.47 Å². The first-order valence-electron chi connectivity index (χ1n) is 17.4. The number of aliphatic hydroxyl groups excluding tert-OH is 4. The zero-order chi connectivity index (χ0) is 31.8. The molecule has 248 valence electrons. The maximum atomic E-state index is 12.9. The predicted molar refractivity (Wildman–Crippen MR) is 163 cm³/mol. The van der Waals surface area contributed by atoms with Crippen molar-refractivity contribution in [2.24, 2.45) is 50.7 Å². The highest BCUT2D eigenvalue weighted by Crippen LogP contribution is 2.76. The minimum atomic E-state index is -1.39. The van der Waals surface area contributed by atoms with Gasteiger partial charge in [0.25, 0.3) is 0 Å². The molecule has 2 saturated heterocycles. The third kappa shape index (κ3) is 3.82. The summed E-state index contributed by atoms with van der Waals surface area (Å²) in [4.78, 5) is 12.9. The molecule has 0 aromatic rings. The van der Waals surface area contributed by atoms with E-state index in [0.717, 1.165) is 64.2 Å².